The molecule has 2 aromatic heterocycles. The molecule has 6 heteroatoms. The van der Waals surface area contributed by atoms with Gasteiger partial charge in [0.25, 0.3) is 5.95 Å². The van der Waals surface area contributed by atoms with Crippen LogP contribution >= 0.6 is 0 Å². The Hall–Kier alpha value is -1.59. The predicted molar refractivity (Wildman–Crippen MR) is 33.8 cm³/mol. The van der Waals surface area contributed by atoms with Crippen LogP contribution in [0.3, 0.4) is 0 Å². The van der Waals surface area contributed by atoms with Gasteiger partial charge in [-0.25, -0.2) is 4.98 Å². The third-order valence-electron chi connectivity index (χ3n) is 1.43. The van der Waals surface area contributed by atoms with Crippen LogP contribution in [0, 0.1) is 17.7 Å². The second-order valence-electron chi connectivity index (χ2n) is 2.13. The first-order valence-electron chi connectivity index (χ1n) is 3.03. The van der Waals surface area contributed by atoms with Crippen molar-refractivity contribution >= 4 is 11.0 Å². The van der Waals surface area contributed by atoms with E-state index in [1.165, 1.54) is 0 Å². The van der Waals surface area contributed by atoms with Gasteiger partial charge >= 0.3 is 0 Å². The average molecular weight is 173 g/mol. The summed E-state index contributed by atoms with van der Waals surface area (Å²) in [5.41, 5.74) is -0.603. The minimum Gasteiger partial charge on any atom is -0.342 e. The Balaban J connectivity index is 2.97. The molecule has 0 saturated carbocycles. The fraction of sp³-hybridized carbons (Fsp3) is 0. The number of rotatable bonds is 0. The van der Waals surface area contributed by atoms with Gasteiger partial charge in [0.1, 0.15) is 11.0 Å². The fourth-order valence-electron chi connectivity index (χ4n) is 0.909. The summed E-state index contributed by atoms with van der Waals surface area (Å²) >= 11 is 0. The Bertz CT molecular complexity index is 437. The number of fused-ring (bicyclic) bond motifs is 1. The first kappa shape index (κ1) is 7.08. The van der Waals surface area contributed by atoms with Crippen LogP contribution in [0.5, 0.6) is 0 Å². The minimum atomic E-state index is -1.47. The molecule has 0 aromatic carbocycles. The maximum Gasteiger partial charge on any atom is 0.253 e. The fourth-order valence-corrected chi connectivity index (χ4v) is 0.909. The van der Waals surface area contributed by atoms with E-state index in [-0.39, 0.29) is 11.0 Å². The smallest absolute Gasteiger partial charge is 0.253 e. The summed E-state index contributed by atoms with van der Waals surface area (Å²) in [6.07, 6.45) is 1.07. The van der Waals surface area contributed by atoms with Crippen molar-refractivity contribution in [3.05, 3.63) is 24.0 Å². The van der Waals surface area contributed by atoms with Crippen molar-refractivity contribution in [1.29, 1.82) is 0 Å². The van der Waals surface area contributed by atoms with Gasteiger partial charge in [0, 0.05) is 0 Å². The van der Waals surface area contributed by atoms with Gasteiger partial charge in [-0.3, -0.25) is 0 Å². The first-order valence-corrected chi connectivity index (χ1v) is 3.03. The van der Waals surface area contributed by atoms with Gasteiger partial charge in [0.05, 0.1) is 6.33 Å². The molecule has 0 radical (unpaired) electrons. The summed E-state index contributed by atoms with van der Waals surface area (Å²) in [6.45, 7) is 0. The molecule has 0 fully saturated rings. The van der Waals surface area contributed by atoms with E-state index in [0.29, 0.717) is 0 Å². The molecular formula is C6H2F3N3. The van der Waals surface area contributed by atoms with Crippen LogP contribution in [0.15, 0.2) is 6.33 Å². The number of aromatic amines is 1. The highest BCUT2D eigenvalue weighted by atomic mass is 19.2. The summed E-state index contributed by atoms with van der Waals surface area (Å²) in [7, 11) is 0. The number of aromatic nitrogens is 3. The van der Waals surface area contributed by atoms with Crippen LogP contribution in [-0.4, -0.2) is 15.0 Å². The third-order valence-corrected chi connectivity index (χ3v) is 1.43. The summed E-state index contributed by atoms with van der Waals surface area (Å²) in [4.78, 5) is 8.37. The van der Waals surface area contributed by atoms with Crippen LogP contribution in [-0.2, 0) is 0 Å². The van der Waals surface area contributed by atoms with E-state index in [2.05, 4.69) is 15.0 Å². The van der Waals surface area contributed by atoms with E-state index in [1.807, 2.05) is 0 Å². The lowest BCUT2D eigenvalue weighted by Crippen LogP contribution is -1.95. The number of pyridine rings is 1. The standard InChI is InChI=1S/C6H2F3N3/c7-2-3-4(11-1-10-3)6(9)12-5(2)8/h1H,(H,10,11). The Kier molecular flexibility index (Phi) is 1.30. The zero-order valence-electron chi connectivity index (χ0n) is 5.61. The van der Waals surface area contributed by atoms with E-state index >= 15 is 0 Å². The Morgan fingerprint density at radius 3 is 2.67 bits per heavy atom. The SMILES string of the molecule is Fc1nc(F)c2nc[nH]c2c1F. The number of imidazole rings is 1. The Morgan fingerprint density at radius 2 is 1.92 bits per heavy atom. The van der Waals surface area contributed by atoms with Crippen LogP contribution in [0.25, 0.3) is 11.0 Å². The maximum atomic E-state index is 12.7. The summed E-state index contributed by atoms with van der Waals surface area (Å²) in [6, 6.07) is 0. The van der Waals surface area contributed by atoms with Crippen LogP contribution in [0.1, 0.15) is 0 Å². The number of halogens is 3. The average Bonchev–Trinajstić information content (AvgIpc) is 2.48. The van der Waals surface area contributed by atoms with E-state index in [0.717, 1.165) is 6.33 Å². The highest BCUT2D eigenvalue weighted by molar-refractivity contribution is 5.74. The van der Waals surface area contributed by atoms with Crippen molar-refractivity contribution < 1.29 is 13.2 Å². The van der Waals surface area contributed by atoms with Crippen LogP contribution in [0.2, 0.25) is 0 Å². The lowest BCUT2D eigenvalue weighted by Gasteiger charge is -1.93. The van der Waals surface area contributed by atoms with Crippen molar-refractivity contribution in [1.82, 2.24) is 15.0 Å². The summed E-state index contributed by atoms with van der Waals surface area (Å²) in [5, 5.41) is 0. The minimum absolute atomic E-state index is 0.297. The lowest BCUT2D eigenvalue weighted by atomic mass is 10.4. The van der Waals surface area contributed by atoms with E-state index < -0.39 is 17.7 Å². The molecule has 2 rings (SSSR count). The number of hydrogen-bond donors (Lipinski definition) is 1. The zero-order chi connectivity index (χ0) is 8.72. The quantitative estimate of drug-likeness (QED) is 0.611. The molecule has 2 heterocycles. The molecule has 1 N–H and O–H groups in total. The number of nitrogens with one attached hydrogen (secondary N) is 1. The molecule has 2 aromatic rings. The van der Waals surface area contributed by atoms with Gasteiger partial charge < -0.3 is 4.98 Å². The van der Waals surface area contributed by atoms with Crippen LogP contribution in [0.4, 0.5) is 13.2 Å². The molecule has 0 aliphatic carbocycles. The van der Waals surface area contributed by atoms with Gasteiger partial charge in [-0.05, 0) is 0 Å². The molecule has 0 aliphatic rings. The monoisotopic (exact) mass is 173 g/mol. The molecule has 0 spiro atoms. The van der Waals surface area contributed by atoms with Gasteiger partial charge in [-0.1, -0.05) is 0 Å². The lowest BCUT2D eigenvalue weighted by molar-refractivity contribution is 0.457. The van der Waals surface area contributed by atoms with Crippen molar-refractivity contribution in [3.8, 4) is 0 Å². The number of hydrogen-bond acceptors (Lipinski definition) is 2. The molecule has 62 valence electrons. The van der Waals surface area contributed by atoms with Gasteiger partial charge in [-0.15, -0.1) is 0 Å². The number of H-pyrrole nitrogens is 1. The molecule has 0 saturated heterocycles. The summed E-state index contributed by atoms with van der Waals surface area (Å²) < 4.78 is 37.8. The molecule has 0 atom stereocenters. The van der Waals surface area contributed by atoms with Crippen molar-refractivity contribution in [3.63, 3.8) is 0 Å². The third kappa shape index (κ3) is 0.775. The maximum absolute atomic E-state index is 12.7. The second-order valence-corrected chi connectivity index (χ2v) is 2.13. The highest BCUT2D eigenvalue weighted by Gasteiger charge is 2.15. The molecule has 0 bridgehead atoms. The molecule has 0 amide bonds. The second kappa shape index (κ2) is 2.20. The summed E-state index contributed by atoms with van der Waals surface area (Å²) in [5.74, 6) is -3.81. The largest absolute Gasteiger partial charge is 0.342 e. The van der Waals surface area contributed by atoms with E-state index in [9.17, 15) is 13.2 Å². The topological polar surface area (TPSA) is 41.6 Å². The van der Waals surface area contributed by atoms with Gasteiger partial charge in [0.2, 0.25) is 11.8 Å². The van der Waals surface area contributed by atoms with Crippen LogP contribution < -0.4 is 0 Å². The Morgan fingerprint density at radius 1 is 1.17 bits per heavy atom. The first-order chi connectivity index (χ1) is 5.70. The zero-order valence-corrected chi connectivity index (χ0v) is 5.61. The highest BCUT2D eigenvalue weighted by Crippen LogP contribution is 2.16. The predicted octanol–water partition coefficient (Wildman–Crippen LogP) is 1.38. The van der Waals surface area contributed by atoms with E-state index in [4.69, 9.17) is 0 Å². The molecule has 0 aliphatic heterocycles. The van der Waals surface area contributed by atoms with Crippen molar-refractivity contribution in [2.75, 3.05) is 0 Å². The molecule has 12 heavy (non-hydrogen) atoms. The molecule has 3 nitrogen and oxygen atoms in total. The van der Waals surface area contributed by atoms with Gasteiger partial charge in [-0.2, -0.15) is 18.2 Å². The van der Waals surface area contributed by atoms with E-state index in [1.54, 1.807) is 0 Å². The molecular weight excluding hydrogens is 171 g/mol. The molecule has 0 unspecified atom stereocenters. The van der Waals surface area contributed by atoms with Gasteiger partial charge in [0.15, 0.2) is 0 Å². The van der Waals surface area contributed by atoms with Crippen molar-refractivity contribution in [2.24, 2.45) is 0 Å². The normalized spacial score (nSPS) is 10.9. The number of nitrogens with zero attached hydrogens (tertiary/aromatic N) is 2. The Labute approximate surface area is 64.3 Å². The van der Waals surface area contributed by atoms with Crippen molar-refractivity contribution in [2.45, 2.75) is 0 Å².